The summed E-state index contributed by atoms with van der Waals surface area (Å²) >= 11 is 5.77. The Morgan fingerprint density at radius 2 is 1.50 bits per heavy atom. The molecule has 0 aliphatic carbocycles. The number of halogens is 1. The molecule has 0 heterocycles. The van der Waals surface area contributed by atoms with Crippen LogP contribution in [0.25, 0.3) is 0 Å². The van der Waals surface area contributed by atoms with E-state index in [1.165, 1.54) is 0 Å². The largest absolute Gasteiger partial charge is 0.550 e. The summed E-state index contributed by atoms with van der Waals surface area (Å²) in [6, 6.07) is 13.8. The minimum absolute atomic E-state index is 0.0960. The molecule has 0 atom stereocenters. The highest BCUT2D eigenvalue weighted by Crippen LogP contribution is 2.23. The normalized spacial score (nSPS) is 10.1. The number of hydrogen-bond acceptors (Lipinski definition) is 3. The second-order valence-corrected chi connectivity index (χ2v) is 4.19. The molecule has 3 nitrogen and oxygen atoms in total. The molecule has 0 amide bonds. The molecule has 0 saturated heterocycles. The molecule has 18 heavy (non-hydrogen) atoms. The van der Waals surface area contributed by atoms with E-state index in [2.05, 4.69) is 0 Å². The Balaban J connectivity index is 2.06. The van der Waals surface area contributed by atoms with Crippen molar-refractivity contribution in [2.75, 3.05) is 0 Å². The molecule has 0 bridgehead atoms. The number of carbonyl (C=O) groups is 1. The molecule has 0 unspecified atom stereocenters. The van der Waals surface area contributed by atoms with Gasteiger partial charge in [0, 0.05) is 17.4 Å². The van der Waals surface area contributed by atoms with Crippen LogP contribution in [0.3, 0.4) is 0 Å². The molecule has 2 aromatic carbocycles. The maximum absolute atomic E-state index is 10.4. The van der Waals surface area contributed by atoms with Crippen LogP contribution in [0.15, 0.2) is 48.5 Å². The minimum Gasteiger partial charge on any atom is -0.550 e. The van der Waals surface area contributed by atoms with Crippen LogP contribution in [-0.4, -0.2) is 5.97 Å². The van der Waals surface area contributed by atoms with E-state index in [1.54, 1.807) is 48.5 Å². The van der Waals surface area contributed by atoms with Crippen molar-refractivity contribution >= 4 is 17.6 Å². The number of aliphatic carboxylic acids is 1. The first-order valence-electron chi connectivity index (χ1n) is 5.36. The van der Waals surface area contributed by atoms with Gasteiger partial charge in [0.2, 0.25) is 0 Å². The molecular weight excluding hydrogens is 252 g/mol. The highest BCUT2D eigenvalue weighted by Gasteiger charge is 1.98. The first-order valence-corrected chi connectivity index (χ1v) is 5.73. The fourth-order valence-corrected chi connectivity index (χ4v) is 1.61. The van der Waals surface area contributed by atoms with Gasteiger partial charge in [0.05, 0.1) is 0 Å². The van der Waals surface area contributed by atoms with Crippen LogP contribution in [0.1, 0.15) is 5.56 Å². The van der Waals surface area contributed by atoms with Crippen molar-refractivity contribution in [3.05, 3.63) is 59.1 Å². The number of carbonyl (C=O) groups excluding carboxylic acids is 1. The van der Waals surface area contributed by atoms with E-state index in [0.29, 0.717) is 22.1 Å². The zero-order valence-corrected chi connectivity index (χ0v) is 10.2. The molecule has 0 N–H and O–H groups in total. The molecule has 0 aliphatic rings. The number of hydrogen-bond donors (Lipinski definition) is 0. The van der Waals surface area contributed by atoms with Gasteiger partial charge in [0.25, 0.3) is 0 Å². The second-order valence-electron chi connectivity index (χ2n) is 3.75. The Hall–Kier alpha value is -2.00. The summed E-state index contributed by atoms with van der Waals surface area (Å²) in [6.07, 6.45) is -0.0960. The lowest BCUT2D eigenvalue weighted by Gasteiger charge is -2.07. The fraction of sp³-hybridized carbons (Fsp3) is 0.0714. The number of benzene rings is 2. The summed E-state index contributed by atoms with van der Waals surface area (Å²) in [5.41, 5.74) is 0.679. The summed E-state index contributed by atoms with van der Waals surface area (Å²) < 4.78 is 5.57. The van der Waals surface area contributed by atoms with E-state index in [4.69, 9.17) is 16.3 Å². The summed E-state index contributed by atoms with van der Waals surface area (Å²) in [4.78, 5) is 10.4. The summed E-state index contributed by atoms with van der Waals surface area (Å²) in [7, 11) is 0. The molecule has 4 heteroatoms. The topological polar surface area (TPSA) is 49.4 Å². The van der Waals surface area contributed by atoms with Gasteiger partial charge < -0.3 is 14.6 Å². The molecule has 0 fully saturated rings. The van der Waals surface area contributed by atoms with E-state index in [0.717, 1.165) is 0 Å². The Labute approximate surface area is 110 Å². The molecular formula is C14H10ClO3-. The van der Waals surface area contributed by atoms with Gasteiger partial charge in [0.15, 0.2) is 0 Å². The summed E-state index contributed by atoms with van der Waals surface area (Å²) in [5, 5.41) is 11.1. The maximum Gasteiger partial charge on any atom is 0.127 e. The van der Waals surface area contributed by atoms with Gasteiger partial charge in [-0.15, -0.1) is 0 Å². The molecule has 2 aromatic rings. The molecule has 0 aliphatic heterocycles. The number of carboxylic acid groups (broad SMARTS) is 1. The zero-order chi connectivity index (χ0) is 13.0. The van der Waals surface area contributed by atoms with Crippen LogP contribution in [0.5, 0.6) is 11.5 Å². The van der Waals surface area contributed by atoms with Crippen LogP contribution in [0, 0.1) is 0 Å². The van der Waals surface area contributed by atoms with E-state index in [9.17, 15) is 9.90 Å². The average Bonchev–Trinajstić information content (AvgIpc) is 2.34. The van der Waals surface area contributed by atoms with Gasteiger partial charge in [-0.2, -0.15) is 0 Å². The van der Waals surface area contributed by atoms with Crippen molar-refractivity contribution in [2.45, 2.75) is 6.42 Å². The minimum atomic E-state index is -1.10. The summed E-state index contributed by atoms with van der Waals surface area (Å²) in [5.74, 6) is 0.216. The van der Waals surface area contributed by atoms with Crippen molar-refractivity contribution in [2.24, 2.45) is 0 Å². The SMILES string of the molecule is O=C([O-])Cc1ccc(Oc2ccc(Cl)cc2)cc1. The Bertz CT molecular complexity index is 532. The lowest BCUT2D eigenvalue weighted by atomic mass is 10.1. The van der Waals surface area contributed by atoms with Crippen LogP contribution in [-0.2, 0) is 11.2 Å². The number of ether oxygens (including phenoxy) is 1. The quantitative estimate of drug-likeness (QED) is 0.849. The predicted molar refractivity (Wildman–Crippen MR) is 66.7 cm³/mol. The Morgan fingerprint density at radius 1 is 1.00 bits per heavy atom. The van der Waals surface area contributed by atoms with E-state index < -0.39 is 5.97 Å². The van der Waals surface area contributed by atoms with Crippen molar-refractivity contribution in [1.82, 2.24) is 0 Å². The fourth-order valence-electron chi connectivity index (χ4n) is 1.48. The van der Waals surface area contributed by atoms with Crippen LogP contribution < -0.4 is 9.84 Å². The van der Waals surface area contributed by atoms with Gasteiger partial charge in [-0.25, -0.2) is 0 Å². The van der Waals surface area contributed by atoms with Crippen molar-refractivity contribution in [3.63, 3.8) is 0 Å². The number of rotatable bonds is 4. The second kappa shape index (κ2) is 5.56. The Morgan fingerprint density at radius 3 is 2.00 bits per heavy atom. The molecule has 92 valence electrons. The molecule has 0 aromatic heterocycles. The molecule has 0 saturated carbocycles. The average molecular weight is 262 g/mol. The van der Waals surface area contributed by atoms with Gasteiger partial charge in [-0.1, -0.05) is 23.7 Å². The lowest BCUT2D eigenvalue weighted by molar-refractivity contribution is -0.304. The van der Waals surface area contributed by atoms with Crippen LogP contribution >= 0.6 is 11.6 Å². The van der Waals surface area contributed by atoms with Crippen molar-refractivity contribution in [1.29, 1.82) is 0 Å². The van der Waals surface area contributed by atoms with E-state index >= 15 is 0 Å². The van der Waals surface area contributed by atoms with Crippen LogP contribution in [0.4, 0.5) is 0 Å². The highest BCUT2D eigenvalue weighted by atomic mass is 35.5. The van der Waals surface area contributed by atoms with Gasteiger partial charge >= 0.3 is 0 Å². The monoisotopic (exact) mass is 261 g/mol. The molecule has 0 spiro atoms. The zero-order valence-electron chi connectivity index (χ0n) is 9.43. The molecule has 2 rings (SSSR count). The number of carboxylic acids is 1. The Kier molecular flexibility index (Phi) is 3.85. The van der Waals surface area contributed by atoms with Gasteiger partial charge in [-0.3, -0.25) is 0 Å². The van der Waals surface area contributed by atoms with E-state index in [-0.39, 0.29) is 6.42 Å². The summed E-state index contributed by atoms with van der Waals surface area (Å²) in [6.45, 7) is 0. The smallest absolute Gasteiger partial charge is 0.127 e. The van der Waals surface area contributed by atoms with Crippen molar-refractivity contribution < 1.29 is 14.6 Å². The van der Waals surface area contributed by atoms with Gasteiger partial charge in [0.1, 0.15) is 11.5 Å². The standard InChI is InChI=1S/C14H11ClO3/c15-11-3-7-13(8-4-11)18-12-5-1-10(2-6-12)9-14(16)17/h1-8H,9H2,(H,16,17)/p-1. The van der Waals surface area contributed by atoms with Crippen molar-refractivity contribution in [3.8, 4) is 11.5 Å². The maximum atomic E-state index is 10.4. The third kappa shape index (κ3) is 3.50. The van der Waals surface area contributed by atoms with E-state index in [1.807, 2.05) is 0 Å². The highest BCUT2D eigenvalue weighted by molar-refractivity contribution is 6.30. The van der Waals surface area contributed by atoms with Gasteiger partial charge in [-0.05, 0) is 42.0 Å². The third-order valence-corrected chi connectivity index (χ3v) is 2.57. The molecule has 0 radical (unpaired) electrons. The van der Waals surface area contributed by atoms with Crippen LogP contribution in [0.2, 0.25) is 5.02 Å². The predicted octanol–water partition coefficient (Wildman–Crippen LogP) is 2.42. The lowest BCUT2D eigenvalue weighted by Crippen LogP contribution is -2.24. The first kappa shape index (κ1) is 12.5. The first-order chi connectivity index (χ1) is 8.63. The third-order valence-electron chi connectivity index (χ3n) is 2.32.